The molecule has 0 aliphatic heterocycles. The summed E-state index contributed by atoms with van der Waals surface area (Å²) in [5, 5.41) is 0. The summed E-state index contributed by atoms with van der Waals surface area (Å²) in [6.45, 7) is 9.45. The van der Waals surface area contributed by atoms with Crippen LogP contribution in [0.5, 0.6) is 0 Å². The van der Waals surface area contributed by atoms with Gasteiger partial charge in [0.25, 0.3) is 0 Å². The van der Waals surface area contributed by atoms with Gasteiger partial charge in [-0.1, -0.05) is 30.3 Å². The van der Waals surface area contributed by atoms with Crippen molar-refractivity contribution < 1.29 is 17.9 Å². The van der Waals surface area contributed by atoms with E-state index in [9.17, 15) is 9.46 Å². The molecule has 1 N–H and O–H groups in total. The molecule has 19 heavy (non-hydrogen) atoms. The second-order valence-corrected chi connectivity index (χ2v) is 16.7. The van der Waals surface area contributed by atoms with Crippen LogP contribution < -0.4 is 0 Å². The number of phosphoric acid groups is 1. The molecule has 1 rings (SSSR count). The number of hydrogen-bond acceptors (Lipinski definition) is 3. The fourth-order valence-electron chi connectivity index (χ4n) is 1.80. The van der Waals surface area contributed by atoms with Crippen molar-refractivity contribution in [1.29, 1.82) is 0 Å². The Bertz CT molecular complexity index is 457. The average Bonchev–Trinajstić information content (AvgIpc) is 2.11. The molecule has 0 heterocycles. The largest absolute Gasteiger partial charge is 0.452 e. The second-order valence-electron chi connectivity index (χ2n) is 6.19. The Balaban J connectivity index is 2.71. The SMILES string of the molecule is C[Si](C)(C)OP(=O)(O)O[Si](C)(C)Cc1ccccc1. The van der Waals surface area contributed by atoms with Crippen molar-refractivity contribution in [3.05, 3.63) is 35.9 Å². The first-order valence-corrected chi connectivity index (χ1v) is 14.3. The molecule has 0 fully saturated rings. The van der Waals surface area contributed by atoms with Crippen molar-refractivity contribution in [2.24, 2.45) is 0 Å². The summed E-state index contributed by atoms with van der Waals surface area (Å²) in [6.07, 6.45) is 0. The Morgan fingerprint density at radius 2 is 1.58 bits per heavy atom. The Hall–Kier alpha value is -0.236. The molecule has 0 radical (unpaired) electrons. The smallest absolute Gasteiger partial charge is 0.331 e. The monoisotopic (exact) mass is 318 g/mol. The maximum Gasteiger partial charge on any atom is 0.452 e. The standard InChI is InChI=1S/C12H23O4PSi2/c1-18(2,3)15-17(13,14)16-19(4,5)11-12-9-7-6-8-10-12/h6-10H,11H2,1-5H3,(H,13,14). The third kappa shape index (κ3) is 7.20. The summed E-state index contributed by atoms with van der Waals surface area (Å²) < 4.78 is 22.7. The molecule has 0 aliphatic carbocycles. The Morgan fingerprint density at radius 1 is 1.05 bits per heavy atom. The van der Waals surface area contributed by atoms with Crippen LogP contribution >= 0.6 is 7.82 Å². The van der Waals surface area contributed by atoms with Gasteiger partial charge in [-0.2, -0.15) is 0 Å². The van der Waals surface area contributed by atoms with Crippen LogP contribution in [0.3, 0.4) is 0 Å². The summed E-state index contributed by atoms with van der Waals surface area (Å²) in [5.74, 6) is 0. The topological polar surface area (TPSA) is 55.8 Å². The van der Waals surface area contributed by atoms with Gasteiger partial charge in [-0.15, -0.1) is 0 Å². The van der Waals surface area contributed by atoms with E-state index < -0.39 is 24.5 Å². The number of rotatable bonds is 6. The lowest BCUT2D eigenvalue weighted by Crippen LogP contribution is -2.35. The van der Waals surface area contributed by atoms with Crippen LogP contribution in [0.25, 0.3) is 0 Å². The van der Waals surface area contributed by atoms with Gasteiger partial charge in [0, 0.05) is 0 Å². The van der Waals surface area contributed by atoms with Crippen LogP contribution in [-0.2, 0) is 19.0 Å². The van der Waals surface area contributed by atoms with Crippen LogP contribution in [0.15, 0.2) is 30.3 Å². The fourth-order valence-corrected chi connectivity index (χ4v) is 9.03. The molecule has 1 atom stereocenters. The lowest BCUT2D eigenvalue weighted by atomic mass is 10.2. The quantitative estimate of drug-likeness (QED) is 0.637. The van der Waals surface area contributed by atoms with E-state index in [-0.39, 0.29) is 0 Å². The predicted octanol–water partition coefficient (Wildman–Crippen LogP) is 3.94. The molecular formula is C12H23O4PSi2. The Morgan fingerprint density at radius 3 is 2.05 bits per heavy atom. The van der Waals surface area contributed by atoms with Gasteiger partial charge in [-0.25, -0.2) is 4.57 Å². The average molecular weight is 318 g/mol. The number of hydrogen-bond donors (Lipinski definition) is 1. The zero-order valence-electron chi connectivity index (χ0n) is 12.2. The first kappa shape index (κ1) is 16.8. The molecule has 1 aromatic carbocycles. The fraction of sp³-hybridized carbons (Fsp3) is 0.500. The highest BCUT2D eigenvalue weighted by molar-refractivity contribution is 7.51. The Labute approximate surface area is 117 Å². The molecule has 0 aromatic heterocycles. The predicted molar refractivity (Wildman–Crippen MR) is 83.0 cm³/mol. The first-order chi connectivity index (χ1) is 8.49. The lowest BCUT2D eigenvalue weighted by molar-refractivity contribution is 0.285. The lowest BCUT2D eigenvalue weighted by Gasteiger charge is -2.28. The van der Waals surface area contributed by atoms with Gasteiger partial charge in [0.15, 0.2) is 8.32 Å². The van der Waals surface area contributed by atoms with Gasteiger partial charge in [-0.05, 0) is 44.3 Å². The van der Waals surface area contributed by atoms with E-state index in [4.69, 9.17) is 8.43 Å². The second kappa shape index (κ2) is 6.03. The molecule has 0 spiro atoms. The molecule has 0 saturated heterocycles. The Kier molecular flexibility index (Phi) is 5.34. The van der Waals surface area contributed by atoms with Crippen molar-refractivity contribution in [2.45, 2.75) is 38.8 Å². The molecule has 0 bridgehead atoms. The summed E-state index contributed by atoms with van der Waals surface area (Å²) in [5.41, 5.74) is 1.12. The molecule has 1 unspecified atom stereocenters. The van der Waals surface area contributed by atoms with E-state index in [0.29, 0.717) is 6.04 Å². The van der Waals surface area contributed by atoms with Gasteiger partial charge in [0.05, 0.1) is 0 Å². The summed E-state index contributed by atoms with van der Waals surface area (Å²) in [7, 11) is -8.34. The van der Waals surface area contributed by atoms with E-state index in [1.165, 1.54) is 0 Å². The zero-order valence-corrected chi connectivity index (χ0v) is 15.1. The van der Waals surface area contributed by atoms with Gasteiger partial charge < -0.3 is 13.3 Å². The summed E-state index contributed by atoms with van der Waals surface area (Å²) >= 11 is 0. The minimum Gasteiger partial charge on any atom is -0.331 e. The molecule has 0 aliphatic rings. The van der Waals surface area contributed by atoms with E-state index >= 15 is 0 Å². The third-order valence-corrected chi connectivity index (χ3v) is 9.50. The number of benzene rings is 1. The van der Waals surface area contributed by atoms with Crippen LogP contribution in [0.4, 0.5) is 0 Å². The van der Waals surface area contributed by atoms with Crippen LogP contribution in [0.1, 0.15) is 5.56 Å². The van der Waals surface area contributed by atoms with Crippen molar-refractivity contribution in [2.75, 3.05) is 0 Å². The highest BCUT2D eigenvalue weighted by Gasteiger charge is 2.37. The van der Waals surface area contributed by atoms with Crippen LogP contribution in [-0.4, -0.2) is 21.5 Å². The van der Waals surface area contributed by atoms with Crippen molar-refractivity contribution in [3.8, 4) is 0 Å². The highest BCUT2D eigenvalue weighted by atomic mass is 31.2. The first-order valence-electron chi connectivity index (χ1n) is 6.27. The third-order valence-electron chi connectivity index (χ3n) is 2.22. The normalized spacial score (nSPS) is 16.1. The van der Waals surface area contributed by atoms with Crippen LogP contribution in [0.2, 0.25) is 32.7 Å². The van der Waals surface area contributed by atoms with E-state index in [0.717, 1.165) is 5.56 Å². The molecule has 108 valence electrons. The molecular weight excluding hydrogens is 295 g/mol. The molecule has 1 aromatic rings. The minimum atomic E-state index is -3.95. The van der Waals surface area contributed by atoms with Crippen molar-refractivity contribution in [1.82, 2.24) is 0 Å². The molecule has 0 amide bonds. The van der Waals surface area contributed by atoms with Gasteiger partial charge in [-0.3, -0.25) is 0 Å². The van der Waals surface area contributed by atoms with Gasteiger partial charge in [0.1, 0.15) is 0 Å². The van der Waals surface area contributed by atoms with Crippen molar-refractivity contribution in [3.63, 3.8) is 0 Å². The molecule has 7 heteroatoms. The van der Waals surface area contributed by atoms with E-state index in [2.05, 4.69) is 0 Å². The maximum absolute atomic E-state index is 12.0. The summed E-state index contributed by atoms with van der Waals surface area (Å²) in [4.78, 5) is 9.84. The van der Waals surface area contributed by atoms with Gasteiger partial charge >= 0.3 is 7.82 Å². The van der Waals surface area contributed by atoms with Crippen molar-refractivity contribution >= 4 is 24.5 Å². The van der Waals surface area contributed by atoms with E-state index in [1.54, 1.807) is 0 Å². The molecule has 4 nitrogen and oxygen atoms in total. The summed E-state index contributed by atoms with van der Waals surface area (Å²) in [6, 6.07) is 10.5. The highest BCUT2D eigenvalue weighted by Crippen LogP contribution is 2.49. The maximum atomic E-state index is 12.0. The minimum absolute atomic E-state index is 0.688. The van der Waals surface area contributed by atoms with E-state index in [1.807, 2.05) is 63.1 Å². The van der Waals surface area contributed by atoms with Crippen LogP contribution in [0, 0.1) is 0 Å². The zero-order chi connectivity index (χ0) is 14.7. The van der Waals surface area contributed by atoms with Gasteiger partial charge in [0.2, 0.25) is 8.32 Å². The molecule has 0 saturated carbocycles.